The fourth-order valence-electron chi connectivity index (χ4n) is 2.05. The maximum Gasteiger partial charge on any atom is 0.253 e. The predicted molar refractivity (Wildman–Crippen MR) is 72.3 cm³/mol. The van der Waals surface area contributed by atoms with Crippen molar-refractivity contribution in [1.82, 2.24) is 4.90 Å². The van der Waals surface area contributed by atoms with Gasteiger partial charge in [0.05, 0.1) is 0 Å². The monoisotopic (exact) mass is 316 g/mol. The average Bonchev–Trinajstić information content (AvgIpc) is 2.26. The molecule has 1 amide bonds. The van der Waals surface area contributed by atoms with E-state index in [9.17, 15) is 4.79 Å². The van der Waals surface area contributed by atoms with Gasteiger partial charge < -0.3 is 10.6 Å². The molecule has 0 aromatic heterocycles. The van der Waals surface area contributed by atoms with Crippen molar-refractivity contribution < 1.29 is 4.79 Å². The minimum Gasteiger partial charge on any atom is -0.337 e. The lowest BCUT2D eigenvalue weighted by atomic mass is 10.1. The summed E-state index contributed by atoms with van der Waals surface area (Å²) in [7, 11) is 0. The number of piperidine rings is 1. The van der Waals surface area contributed by atoms with Crippen molar-refractivity contribution in [2.45, 2.75) is 18.9 Å². The van der Waals surface area contributed by atoms with E-state index in [2.05, 4.69) is 15.9 Å². The van der Waals surface area contributed by atoms with E-state index >= 15 is 0 Å². The summed E-state index contributed by atoms with van der Waals surface area (Å²) in [4.78, 5) is 14.0. The highest BCUT2D eigenvalue weighted by Gasteiger charge is 2.22. The molecular weight excluding hydrogens is 304 g/mol. The average molecular weight is 318 g/mol. The van der Waals surface area contributed by atoms with Gasteiger partial charge in [-0.05, 0) is 31.0 Å². The van der Waals surface area contributed by atoms with E-state index in [4.69, 9.17) is 17.3 Å². The van der Waals surface area contributed by atoms with Crippen molar-refractivity contribution in [3.63, 3.8) is 0 Å². The molecule has 1 aliphatic rings. The summed E-state index contributed by atoms with van der Waals surface area (Å²) in [5.74, 6) is 0.00310. The molecule has 0 spiro atoms. The molecule has 3 nitrogen and oxygen atoms in total. The summed E-state index contributed by atoms with van der Waals surface area (Å²) in [6.07, 6.45) is 1.96. The highest BCUT2D eigenvalue weighted by molar-refractivity contribution is 9.10. The Kier molecular flexibility index (Phi) is 4.07. The molecule has 1 atom stereocenters. The lowest BCUT2D eigenvalue weighted by Gasteiger charge is -2.30. The molecule has 17 heavy (non-hydrogen) atoms. The fourth-order valence-corrected chi connectivity index (χ4v) is 2.91. The Morgan fingerprint density at radius 2 is 2.24 bits per heavy atom. The Balaban J connectivity index is 2.18. The Hall–Kier alpha value is -0.580. The van der Waals surface area contributed by atoms with Gasteiger partial charge in [0.15, 0.2) is 0 Å². The van der Waals surface area contributed by atoms with Crippen molar-refractivity contribution in [1.29, 1.82) is 0 Å². The van der Waals surface area contributed by atoms with E-state index in [1.807, 2.05) is 0 Å². The van der Waals surface area contributed by atoms with E-state index in [-0.39, 0.29) is 11.9 Å². The number of amides is 1. The van der Waals surface area contributed by atoms with E-state index in [1.54, 1.807) is 23.1 Å². The summed E-state index contributed by atoms with van der Waals surface area (Å²) < 4.78 is 0.814. The first-order valence-corrected chi connectivity index (χ1v) is 6.74. The van der Waals surface area contributed by atoms with Crippen molar-refractivity contribution in [3.05, 3.63) is 33.3 Å². The maximum absolute atomic E-state index is 12.2. The normalized spacial score (nSPS) is 20.4. The standard InChI is InChI=1S/C12H14BrClN2O/c13-9-4-8(5-10(14)6-9)12(17)16-3-1-2-11(15)7-16/h4-6,11H,1-3,7,15H2. The molecule has 1 saturated heterocycles. The van der Waals surface area contributed by atoms with Gasteiger partial charge in [0.25, 0.3) is 5.91 Å². The maximum atomic E-state index is 12.2. The van der Waals surface area contributed by atoms with E-state index in [0.717, 1.165) is 23.9 Å². The van der Waals surface area contributed by atoms with Crippen LogP contribution in [0.4, 0.5) is 0 Å². The Morgan fingerprint density at radius 1 is 1.47 bits per heavy atom. The lowest BCUT2D eigenvalue weighted by Crippen LogP contribution is -2.45. The number of nitrogens with two attached hydrogens (primary N) is 1. The number of likely N-dealkylation sites (tertiary alicyclic amines) is 1. The Morgan fingerprint density at radius 3 is 2.88 bits per heavy atom. The van der Waals surface area contributed by atoms with Gasteiger partial charge in [0.2, 0.25) is 0 Å². The first kappa shape index (κ1) is 12.9. The molecule has 5 heteroatoms. The van der Waals surface area contributed by atoms with Crippen LogP contribution in [0.15, 0.2) is 22.7 Å². The third-order valence-electron chi connectivity index (χ3n) is 2.85. The van der Waals surface area contributed by atoms with Gasteiger partial charge in [-0.2, -0.15) is 0 Å². The van der Waals surface area contributed by atoms with Crippen molar-refractivity contribution >= 4 is 33.4 Å². The second kappa shape index (κ2) is 5.38. The van der Waals surface area contributed by atoms with Crippen LogP contribution in [0.25, 0.3) is 0 Å². The second-order valence-electron chi connectivity index (χ2n) is 4.31. The summed E-state index contributed by atoms with van der Waals surface area (Å²) in [6, 6.07) is 5.33. The van der Waals surface area contributed by atoms with Gasteiger partial charge >= 0.3 is 0 Å². The molecule has 92 valence electrons. The summed E-state index contributed by atoms with van der Waals surface area (Å²) >= 11 is 9.27. The van der Waals surface area contributed by atoms with E-state index in [1.165, 1.54) is 0 Å². The number of carbonyl (C=O) groups excluding carboxylic acids is 1. The second-order valence-corrected chi connectivity index (χ2v) is 5.66. The van der Waals surface area contributed by atoms with Crippen LogP contribution in [0.1, 0.15) is 23.2 Å². The largest absolute Gasteiger partial charge is 0.337 e. The van der Waals surface area contributed by atoms with Crippen LogP contribution in [-0.2, 0) is 0 Å². The first-order chi connectivity index (χ1) is 8.06. The minimum absolute atomic E-state index is 0.00310. The van der Waals surface area contributed by atoms with Gasteiger partial charge in [-0.15, -0.1) is 0 Å². The smallest absolute Gasteiger partial charge is 0.253 e. The molecule has 1 heterocycles. The quantitative estimate of drug-likeness (QED) is 0.865. The number of nitrogens with zero attached hydrogens (tertiary/aromatic N) is 1. The van der Waals surface area contributed by atoms with Gasteiger partial charge in [-0.3, -0.25) is 4.79 Å². The van der Waals surface area contributed by atoms with Gasteiger partial charge in [-0.1, -0.05) is 27.5 Å². The zero-order valence-electron chi connectivity index (χ0n) is 9.33. The molecular formula is C12H14BrClN2O. The highest BCUT2D eigenvalue weighted by Crippen LogP contribution is 2.21. The summed E-state index contributed by atoms with van der Waals surface area (Å²) in [5, 5.41) is 0.559. The Bertz CT molecular complexity index is 418. The van der Waals surface area contributed by atoms with E-state index < -0.39 is 0 Å². The third kappa shape index (κ3) is 3.21. The zero-order chi connectivity index (χ0) is 12.4. The van der Waals surface area contributed by atoms with Crippen LogP contribution in [0.3, 0.4) is 0 Å². The van der Waals surface area contributed by atoms with Gasteiger partial charge in [-0.25, -0.2) is 0 Å². The van der Waals surface area contributed by atoms with Crippen molar-refractivity contribution in [3.8, 4) is 0 Å². The molecule has 1 unspecified atom stereocenters. The predicted octanol–water partition coefficient (Wildman–Crippen LogP) is 2.67. The number of hydrogen-bond acceptors (Lipinski definition) is 2. The number of benzene rings is 1. The van der Waals surface area contributed by atoms with Crippen molar-refractivity contribution in [2.24, 2.45) is 5.73 Å². The molecule has 0 bridgehead atoms. The van der Waals surface area contributed by atoms with Crippen LogP contribution in [-0.4, -0.2) is 29.9 Å². The number of hydrogen-bond donors (Lipinski definition) is 1. The first-order valence-electron chi connectivity index (χ1n) is 5.57. The van der Waals surface area contributed by atoms with Gasteiger partial charge in [0.1, 0.15) is 0 Å². The SMILES string of the molecule is NC1CCCN(C(=O)c2cc(Cl)cc(Br)c2)C1. The lowest BCUT2D eigenvalue weighted by molar-refractivity contribution is 0.0709. The molecule has 2 N–H and O–H groups in total. The molecule has 1 fully saturated rings. The van der Waals surface area contributed by atoms with Crippen LogP contribution in [0, 0.1) is 0 Å². The van der Waals surface area contributed by atoms with Crippen LogP contribution in [0.2, 0.25) is 5.02 Å². The topological polar surface area (TPSA) is 46.3 Å². The highest BCUT2D eigenvalue weighted by atomic mass is 79.9. The van der Waals surface area contributed by atoms with E-state index in [0.29, 0.717) is 17.1 Å². The summed E-state index contributed by atoms with van der Waals surface area (Å²) in [5.41, 5.74) is 6.48. The molecule has 1 aromatic rings. The van der Waals surface area contributed by atoms with Crippen LogP contribution < -0.4 is 5.73 Å². The number of rotatable bonds is 1. The Labute approximate surface area is 114 Å². The molecule has 2 rings (SSSR count). The number of halogens is 2. The van der Waals surface area contributed by atoms with Crippen LogP contribution in [0.5, 0.6) is 0 Å². The zero-order valence-corrected chi connectivity index (χ0v) is 11.7. The summed E-state index contributed by atoms with van der Waals surface area (Å²) in [6.45, 7) is 1.40. The minimum atomic E-state index is 0.00310. The molecule has 1 aliphatic heterocycles. The number of carbonyl (C=O) groups is 1. The molecule has 0 saturated carbocycles. The van der Waals surface area contributed by atoms with Gasteiger partial charge in [0, 0.05) is 34.2 Å². The van der Waals surface area contributed by atoms with Crippen LogP contribution >= 0.6 is 27.5 Å². The molecule has 1 aromatic carbocycles. The molecule has 0 radical (unpaired) electrons. The third-order valence-corrected chi connectivity index (χ3v) is 3.53. The molecule has 0 aliphatic carbocycles. The van der Waals surface area contributed by atoms with Crippen molar-refractivity contribution in [2.75, 3.05) is 13.1 Å². The fraction of sp³-hybridized carbons (Fsp3) is 0.417.